The van der Waals surface area contributed by atoms with Crippen molar-refractivity contribution in [2.45, 2.75) is 45.4 Å². The van der Waals surface area contributed by atoms with Crippen molar-refractivity contribution in [2.75, 3.05) is 0 Å². The molecule has 0 spiro atoms. The molecule has 0 radical (unpaired) electrons. The summed E-state index contributed by atoms with van der Waals surface area (Å²) in [6.45, 7) is 15.6. The average Bonchev–Trinajstić information content (AvgIpc) is 2.91. The minimum absolute atomic E-state index is 0.150. The van der Waals surface area contributed by atoms with Gasteiger partial charge in [-0.05, 0) is 52.6 Å². The number of hydrogen-bond donors (Lipinski definition) is 0. The molecule has 3 aromatic rings. The van der Waals surface area contributed by atoms with Gasteiger partial charge in [0.25, 0.3) is 0 Å². The molecule has 4 rings (SSSR count). The largest absolute Gasteiger partial charge is 0.0986 e. The third kappa shape index (κ3) is 2.51. The van der Waals surface area contributed by atoms with Crippen LogP contribution in [-0.4, -0.2) is 0 Å². The van der Waals surface area contributed by atoms with E-state index in [9.17, 15) is 0 Å². The zero-order valence-electron chi connectivity index (χ0n) is 17.1. The monoisotopic (exact) mass is 352 g/mol. The summed E-state index contributed by atoms with van der Waals surface area (Å²) in [5.41, 5.74) is 10.4. The third-order valence-corrected chi connectivity index (χ3v) is 6.02. The van der Waals surface area contributed by atoms with Crippen LogP contribution in [0.3, 0.4) is 0 Å². The van der Waals surface area contributed by atoms with Crippen molar-refractivity contribution >= 4 is 0 Å². The van der Waals surface area contributed by atoms with Gasteiger partial charge in [0.15, 0.2) is 0 Å². The topological polar surface area (TPSA) is 0 Å². The van der Waals surface area contributed by atoms with Crippen LogP contribution in [0.25, 0.3) is 11.1 Å². The van der Waals surface area contributed by atoms with Crippen LogP contribution in [0.5, 0.6) is 0 Å². The van der Waals surface area contributed by atoms with E-state index in [-0.39, 0.29) is 10.8 Å². The number of aryl methyl sites for hydroxylation is 1. The second-order valence-corrected chi connectivity index (χ2v) is 8.95. The highest BCUT2D eigenvalue weighted by Crippen LogP contribution is 2.56. The summed E-state index contributed by atoms with van der Waals surface area (Å²) in [7, 11) is 0. The molecule has 0 bridgehead atoms. The molecule has 1 aliphatic carbocycles. The Kier molecular flexibility index (Phi) is 3.93. The third-order valence-electron chi connectivity index (χ3n) is 6.02. The predicted molar refractivity (Wildman–Crippen MR) is 116 cm³/mol. The Morgan fingerprint density at radius 3 is 2.07 bits per heavy atom. The molecule has 0 saturated carbocycles. The SMILES string of the molecule is C=C(C)C1(c2ccc(C(C)(C)C)cc2)c2ccccc2-c2ccc(C)cc21. The molecular formula is C27H28. The van der Waals surface area contributed by atoms with Gasteiger partial charge in [0.1, 0.15) is 0 Å². The van der Waals surface area contributed by atoms with Crippen LogP contribution in [0.15, 0.2) is 78.9 Å². The van der Waals surface area contributed by atoms with Crippen molar-refractivity contribution in [3.8, 4) is 11.1 Å². The number of fused-ring (bicyclic) bond motifs is 3. The summed E-state index contributed by atoms with van der Waals surface area (Å²) in [4.78, 5) is 0. The summed E-state index contributed by atoms with van der Waals surface area (Å²) in [6.07, 6.45) is 0. The van der Waals surface area contributed by atoms with Gasteiger partial charge < -0.3 is 0 Å². The van der Waals surface area contributed by atoms with E-state index in [0.29, 0.717) is 0 Å². The second kappa shape index (κ2) is 5.96. The highest BCUT2D eigenvalue weighted by molar-refractivity contribution is 5.86. The van der Waals surface area contributed by atoms with Crippen LogP contribution in [0.1, 0.15) is 55.5 Å². The molecule has 0 heterocycles. The van der Waals surface area contributed by atoms with Crippen LogP contribution in [-0.2, 0) is 10.8 Å². The molecule has 1 aliphatic rings. The van der Waals surface area contributed by atoms with E-state index in [2.05, 4.69) is 108 Å². The minimum atomic E-state index is -0.283. The standard InChI is InChI=1S/C27H28/c1-18(2)27(21-14-12-20(13-15-21)26(4,5)6)24-10-8-7-9-22(24)23-16-11-19(3)17-25(23)27/h7-17H,1H2,2-6H3. The van der Waals surface area contributed by atoms with Gasteiger partial charge in [-0.1, -0.05) is 105 Å². The first-order valence-corrected chi connectivity index (χ1v) is 9.74. The van der Waals surface area contributed by atoms with Gasteiger partial charge in [-0.2, -0.15) is 0 Å². The van der Waals surface area contributed by atoms with Gasteiger partial charge in [-0.15, -0.1) is 0 Å². The van der Waals surface area contributed by atoms with Crippen molar-refractivity contribution in [1.29, 1.82) is 0 Å². The first-order valence-electron chi connectivity index (χ1n) is 9.74. The van der Waals surface area contributed by atoms with Crippen molar-refractivity contribution in [1.82, 2.24) is 0 Å². The van der Waals surface area contributed by atoms with Gasteiger partial charge in [0, 0.05) is 0 Å². The highest BCUT2D eigenvalue weighted by Gasteiger charge is 2.45. The van der Waals surface area contributed by atoms with Gasteiger partial charge >= 0.3 is 0 Å². The molecule has 0 saturated heterocycles. The molecule has 136 valence electrons. The molecule has 0 amide bonds. The normalized spacial score (nSPS) is 18.1. The lowest BCUT2D eigenvalue weighted by molar-refractivity contribution is 0.589. The molecule has 0 fully saturated rings. The fourth-order valence-electron chi connectivity index (χ4n) is 4.63. The lowest BCUT2D eigenvalue weighted by Crippen LogP contribution is -2.28. The second-order valence-electron chi connectivity index (χ2n) is 8.95. The van der Waals surface area contributed by atoms with E-state index in [1.807, 2.05) is 0 Å². The Balaban J connectivity index is 2.05. The van der Waals surface area contributed by atoms with Crippen LogP contribution in [0.4, 0.5) is 0 Å². The van der Waals surface area contributed by atoms with Gasteiger partial charge in [-0.3, -0.25) is 0 Å². The van der Waals surface area contributed by atoms with Crippen molar-refractivity contribution in [3.05, 3.63) is 107 Å². The first-order chi connectivity index (χ1) is 12.8. The molecule has 0 aliphatic heterocycles. The summed E-state index contributed by atoms with van der Waals surface area (Å²) in [5, 5.41) is 0. The number of rotatable bonds is 2. The van der Waals surface area contributed by atoms with Crippen LogP contribution < -0.4 is 0 Å². The van der Waals surface area contributed by atoms with E-state index in [1.54, 1.807) is 0 Å². The van der Waals surface area contributed by atoms with E-state index < -0.39 is 0 Å². The zero-order chi connectivity index (χ0) is 19.4. The Bertz CT molecular complexity index is 1030. The summed E-state index contributed by atoms with van der Waals surface area (Å²) in [6, 6.07) is 24.8. The zero-order valence-corrected chi connectivity index (χ0v) is 17.1. The maximum atomic E-state index is 4.48. The van der Waals surface area contributed by atoms with Crippen LogP contribution in [0, 0.1) is 6.92 Å². The minimum Gasteiger partial charge on any atom is -0.0986 e. The maximum Gasteiger partial charge on any atom is 0.0668 e. The summed E-state index contributed by atoms with van der Waals surface area (Å²) in [5.74, 6) is 0. The molecule has 0 aromatic heterocycles. The number of benzene rings is 3. The molecule has 0 N–H and O–H groups in total. The quantitative estimate of drug-likeness (QED) is 0.428. The summed E-state index contributed by atoms with van der Waals surface area (Å²) >= 11 is 0. The van der Waals surface area contributed by atoms with Crippen molar-refractivity contribution in [3.63, 3.8) is 0 Å². The molecule has 27 heavy (non-hydrogen) atoms. The lowest BCUT2D eigenvalue weighted by Gasteiger charge is -2.34. The summed E-state index contributed by atoms with van der Waals surface area (Å²) < 4.78 is 0. The van der Waals surface area contributed by atoms with Crippen LogP contribution >= 0.6 is 0 Å². The Morgan fingerprint density at radius 2 is 1.44 bits per heavy atom. The van der Waals surface area contributed by atoms with Crippen molar-refractivity contribution < 1.29 is 0 Å². The van der Waals surface area contributed by atoms with Gasteiger partial charge in [-0.25, -0.2) is 0 Å². The van der Waals surface area contributed by atoms with E-state index in [1.165, 1.54) is 44.5 Å². The van der Waals surface area contributed by atoms with Crippen molar-refractivity contribution in [2.24, 2.45) is 0 Å². The smallest absolute Gasteiger partial charge is 0.0668 e. The first kappa shape index (κ1) is 17.8. The molecule has 0 heteroatoms. The number of allylic oxidation sites excluding steroid dienone is 1. The Labute approximate surface area is 163 Å². The average molecular weight is 353 g/mol. The van der Waals surface area contributed by atoms with Crippen LogP contribution in [0.2, 0.25) is 0 Å². The van der Waals surface area contributed by atoms with E-state index >= 15 is 0 Å². The van der Waals surface area contributed by atoms with Gasteiger partial charge in [0.05, 0.1) is 5.41 Å². The molecule has 3 aromatic carbocycles. The molecule has 1 atom stereocenters. The maximum absolute atomic E-state index is 4.48. The van der Waals surface area contributed by atoms with E-state index in [0.717, 1.165) is 0 Å². The predicted octanol–water partition coefficient (Wildman–Crippen LogP) is 7.18. The number of hydrogen-bond acceptors (Lipinski definition) is 0. The molecule has 1 unspecified atom stereocenters. The lowest BCUT2D eigenvalue weighted by atomic mass is 9.67. The molecule has 0 nitrogen and oxygen atoms in total. The fraction of sp³-hybridized carbons (Fsp3) is 0.259. The Morgan fingerprint density at radius 1 is 0.815 bits per heavy atom. The molecular weight excluding hydrogens is 324 g/mol. The fourth-order valence-corrected chi connectivity index (χ4v) is 4.63. The highest BCUT2D eigenvalue weighted by atomic mass is 14.5. The van der Waals surface area contributed by atoms with Gasteiger partial charge in [0.2, 0.25) is 0 Å². The van der Waals surface area contributed by atoms with E-state index in [4.69, 9.17) is 0 Å². The Hall–Kier alpha value is -2.60.